The van der Waals surface area contributed by atoms with Gasteiger partial charge in [0.25, 0.3) is 0 Å². The lowest BCUT2D eigenvalue weighted by Gasteiger charge is -2.06. The van der Waals surface area contributed by atoms with Crippen molar-refractivity contribution >= 4 is 0 Å². The molecular weight excluding hydrogens is 321 g/mol. The number of rotatable bonds is 12. The minimum absolute atomic E-state index is 0. The fraction of sp³-hybridized carbons (Fsp3) is 1.00. The summed E-state index contributed by atoms with van der Waals surface area (Å²) in [7, 11) is 4.49. The van der Waals surface area contributed by atoms with Crippen LogP contribution in [-0.2, 0) is 0 Å². The minimum atomic E-state index is 0. The van der Waals surface area contributed by atoms with E-state index in [0.717, 1.165) is 0 Å². The van der Waals surface area contributed by atoms with Crippen LogP contribution in [0, 0.1) is 0 Å². The third kappa shape index (κ3) is 19.2. The Labute approximate surface area is 127 Å². The van der Waals surface area contributed by atoms with E-state index in [1.54, 1.807) is 4.90 Å². The fourth-order valence-corrected chi connectivity index (χ4v) is 2.14. The third-order valence-electron chi connectivity index (χ3n) is 3.28. The average molecular weight is 355 g/mol. The molecule has 0 atom stereocenters. The van der Waals surface area contributed by atoms with Crippen molar-refractivity contribution in [1.29, 1.82) is 0 Å². The SMILES string of the molecule is CCCCCCCCCCCCC[NH+](C)C.[I-]. The van der Waals surface area contributed by atoms with Crippen LogP contribution in [0.2, 0.25) is 0 Å². The summed E-state index contributed by atoms with van der Waals surface area (Å²) in [5.74, 6) is 0. The van der Waals surface area contributed by atoms with Gasteiger partial charge in [-0.2, -0.15) is 0 Å². The smallest absolute Gasteiger partial charge is 0.0766 e. The maximum atomic E-state index is 2.29. The van der Waals surface area contributed by atoms with Crippen molar-refractivity contribution in [2.45, 2.75) is 77.6 Å². The van der Waals surface area contributed by atoms with E-state index in [1.165, 1.54) is 77.2 Å². The molecule has 0 spiro atoms. The van der Waals surface area contributed by atoms with Gasteiger partial charge in [-0.15, -0.1) is 0 Å². The van der Waals surface area contributed by atoms with Gasteiger partial charge in [0.2, 0.25) is 0 Å². The summed E-state index contributed by atoms with van der Waals surface area (Å²) >= 11 is 0. The zero-order valence-electron chi connectivity index (χ0n) is 12.4. The summed E-state index contributed by atoms with van der Waals surface area (Å²) in [5.41, 5.74) is 0. The minimum Gasteiger partial charge on any atom is -1.00 e. The maximum absolute atomic E-state index is 2.29. The molecule has 1 nitrogen and oxygen atoms in total. The van der Waals surface area contributed by atoms with Crippen LogP contribution >= 0.6 is 0 Å². The first-order valence-corrected chi connectivity index (χ1v) is 7.56. The van der Waals surface area contributed by atoms with E-state index in [9.17, 15) is 0 Å². The number of halogens is 1. The second-order valence-electron chi connectivity index (χ2n) is 5.49. The van der Waals surface area contributed by atoms with E-state index in [-0.39, 0.29) is 24.0 Å². The van der Waals surface area contributed by atoms with E-state index in [1.807, 2.05) is 0 Å². The Morgan fingerprint density at radius 1 is 0.588 bits per heavy atom. The highest BCUT2D eigenvalue weighted by molar-refractivity contribution is 4.47. The van der Waals surface area contributed by atoms with Gasteiger partial charge in [-0.3, -0.25) is 0 Å². The molecule has 0 rings (SSSR count). The van der Waals surface area contributed by atoms with Gasteiger partial charge in [-0.25, -0.2) is 0 Å². The van der Waals surface area contributed by atoms with Crippen LogP contribution in [0.15, 0.2) is 0 Å². The zero-order valence-corrected chi connectivity index (χ0v) is 14.5. The van der Waals surface area contributed by atoms with Crippen LogP contribution in [0.1, 0.15) is 77.6 Å². The molecule has 0 aliphatic heterocycles. The van der Waals surface area contributed by atoms with Crippen molar-refractivity contribution in [3.8, 4) is 0 Å². The second kappa shape index (κ2) is 16.7. The van der Waals surface area contributed by atoms with Gasteiger partial charge in [-0.05, 0) is 12.8 Å². The monoisotopic (exact) mass is 355 g/mol. The molecule has 0 aliphatic rings. The Morgan fingerprint density at radius 2 is 0.941 bits per heavy atom. The summed E-state index contributed by atoms with van der Waals surface area (Å²) in [6.45, 7) is 3.63. The molecule has 0 aromatic rings. The molecule has 0 fully saturated rings. The van der Waals surface area contributed by atoms with Crippen molar-refractivity contribution in [2.24, 2.45) is 0 Å². The predicted octanol–water partition coefficient (Wildman–Crippen LogP) is 0.446. The zero-order chi connectivity index (χ0) is 12.1. The van der Waals surface area contributed by atoms with Gasteiger partial charge < -0.3 is 28.9 Å². The lowest BCUT2D eigenvalue weighted by molar-refractivity contribution is -0.858. The Bertz CT molecular complexity index is 126. The highest BCUT2D eigenvalue weighted by atomic mass is 127. The Morgan fingerprint density at radius 3 is 1.29 bits per heavy atom. The summed E-state index contributed by atoms with van der Waals surface area (Å²) in [6.07, 6.45) is 15.9. The average Bonchev–Trinajstić information content (AvgIpc) is 2.25. The van der Waals surface area contributed by atoms with Gasteiger partial charge in [0, 0.05) is 0 Å². The predicted molar refractivity (Wildman–Crippen MR) is 74.1 cm³/mol. The highest BCUT2D eigenvalue weighted by Crippen LogP contribution is 2.10. The van der Waals surface area contributed by atoms with E-state index in [0.29, 0.717) is 0 Å². The van der Waals surface area contributed by atoms with E-state index >= 15 is 0 Å². The summed E-state index contributed by atoms with van der Waals surface area (Å²) in [5, 5.41) is 0. The molecule has 0 aromatic carbocycles. The van der Waals surface area contributed by atoms with Crippen LogP contribution in [0.4, 0.5) is 0 Å². The molecule has 0 bridgehead atoms. The van der Waals surface area contributed by atoms with Gasteiger partial charge in [0.1, 0.15) is 0 Å². The molecule has 0 heterocycles. The highest BCUT2D eigenvalue weighted by Gasteiger charge is 1.95. The third-order valence-corrected chi connectivity index (χ3v) is 3.28. The van der Waals surface area contributed by atoms with Crippen molar-refractivity contribution in [3.63, 3.8) is 0 Å². The van der Waals surface area contributed by atoms with Crippen LogP contribution in [0.3, 0.4) is 0 Å². The molecule has 0 aliphatic carbocycles. The van der Waals surface area contributed by atoms with Crippen LogP contribution in [0.25, 0.3) is 0 Å². The summed E-state index contributed by atoms with van der Waals surface area (Å²) in [6, 6.07) is 0. The largest absolute Gasteiger partial charge is 1.00 e. The summed E-state index contributed by atoms with van der Waals surface area (Å²) in [4.78, 5) is 1.59. The number of unbranched alkanes of at least 4 members (excludes halogenated alkanes) is 10. The Hall–Kier alpha value is 0.690. The lowest BCUT2D eigenvalue weighted by atomic mass is 10.1. The van der Waals surface area contributed by atoms with Crippen molar-refractivity contribution in [3.05, 3.63) is 0 Å². The molecule has 0 saturated carbocycles. The van der Waals surface area contributed by atoms with Gasteiger partial charge in [-0.1, -0.05) is 64.7 Å². The molecule has 0 aromatic heterocycles. The van der Waals surface area contributed by atoms with Gasteiger partial charge >= 0.3 is 0 Å². The number of hydrogen-bond donors (Lipinski definition) is 1. The normalized spacial score (nSPS) is 10.6. The first-order valence-electron chi connectivity index (χ1n) is 7.56. The topological polar surface area (TPSA) is 4.44 Å². The first-order chi connectivity index (χ1) is 7.77. The molecular formula is C15H34IN. The van der Waals surface area contributed by atoms with E-state index in [2.05, 4.69) is 21.0 Å². The molecule has 0 unspecified atom stereocenters. The van der Waals surface area contributed by atoms with E-state index in [4.69, 9.17) is 0 Å². The lowest BCUT2D eigenvalue weighted by Crippen LogP contribution is -3.05. The maximum Gasteiger partial charge on any atom is 0.0766 e. The molecule has 17 heavy (non-hydrogen) atoms. The van der Waals surface area contributed by atoms with Crippen molar-refractivity contribution < 1.29 is 28.9 Å². The molecule has 1 N–H and O–H groups in total. The molecule has 0 amide bonds. The van der Waals surface area contributed by atoms with E-state index < -0.39 is 0 Å². The molecule has 106 valence electrons. The fourth-order valence-electron chi connectivity index (χ4n) is 2.14. The number of quaternary nitrogens is 1. The molecule has 2 heteroatoms. The number of nitrogens with one attached hydrogen (secondary N) is 1. The molecule has 0 saturated heterocycles. The first kappa shape index (κ1) is 20.0. The van der Waals surface area contributed by atoms with Crippen molar-refractivity contribution in [1.82, 2.24) is 0 Å². The summed E-state index contributed by atoms with van der Waals surface area (Å²) < 4.78 is 0. The number of hydrogen-bond acceptors (Lipinski definition) is 0. The Kier molecular flexibility index (Phi) is 19.7. The Balaban J connectivity index is 0. The van der Waals surface area contributed by atoms with Gasteiger partial charge in [0.15, 0.2) is 0 Å². The quantitative estimate of drug-likeness (QED) is 0.383. The molecule has 0 radical (unpaired) electrons. The van der Waals surface area contributed by atoms with Crippen molar-refractivity contribution in [2.75, 3.05) is 20.6 Å². The second-order valence-corrected chi connectivity index (χ2v) is 5.49. The van der Waals surface area contributed by atoms with Crippen LogP contribution < -0.4 is 28.9 Å². The van der Waals surface area contributed by atoms with Gasteiger partial charge in [0.05, 0.1) is 20.6 Å². The van der Waals surface area contributed by atoms with Crippen LogP contribution in [0.5, 0.6) is 0 Å². The standard InChI is InChI=1S/C15H33N.HI/c1-4-5-6-7-8-9-10-11-12-13-14-15-16(2)3;/h4-15H2,1-3H3;1H. The van der Waals surface area contributed by atoms with Crippen LogP contribution in [-0.4, -0.2) is 20.6 Å².